The maximum atomic E-state index is 8.06. The highest BCUT2D eigenvalue weighted by Crippen LogP contribution is 1.65. The molecule has 0 aromatic rings. The van der Waals surface area contributed by atoms with E-state index in [1.807, 2.05) is 6.92 Å². The van der Waals surface area contributed by atoms with Crippen molar-refractivity contribution in [2.75, 3.05) is 6.61 Å². The first kappa shape index (κ1) is 24.9. The molecule has 16 heavy (non-hydrogen) atoms. The van der Waals surface area contributed by atoms with Gasteiger partial charge in [-0.05, 0) is 48.0 Å². The number of rotatable bonds is 1. The highest BCUT2D eigenvalue weighted by molar-refractivity contribution is 4.21. The van der Waals surface area contributed by atoms with Crippen molar-refractivity contribution in [3.63, 3.8) is 0 Å². The van der Waals surface area contributed by atoms with Gasteiger partial charge in [-0.25, -0.2) is 0 Å². The molecule has 0 unspecified atom stereocenters. The van der Waals surface area contributed by atoms with Crippen molar-refractivity contribution >= 4 is 0 Å². The first-order valence-electron chi connectivity index (χ1n) is 5.76. The molecule has 104 valence electrons. The van der Waals surface area contributed by atoms with E-state index in [-0.39, 0.29) is 18.3 Å². The Hall–Kier alpha value is -0.160. The molecule has 0 aromatic carbocycles. The fourth-order valence-corrected chi connectivity index (χ4v) is 0. The smallest absolute Gasteiger partial charge is 0.0483 e. The molecule has 0 fully saturated rings. The van der Waals surface area contributed by atoms with Gasteiger partial charge in [0.05, 0.1) is 0 Å². The molecule has 4 nitrogen and oxygen atoms in total. The summed E-state index contributed by atoms with van der Waals surface area (Å²) in [7, 11) is 0. The lowest BCUT2D eigenvalue weighted by molar-refractivity contribution is 0.215. The van der Waals surface area contributed by atoms with Gasteiger partial charge in [-0.2, -0.15) is 0 Å². The average Bonchev–Trinajstić information content (AvgIpc) is 2.00. The van der Waals surface area contributed by atoms with Crippen molar-refractivity contribution in [1.29, 1.82) is 0 Å². The zero-order chi connectivity index (χ0) is 14.1. The first-order valence-corrected chi connectivity index (χ1v) is 5.76. The van der Waals surface area contributed by atoms with E-state index in [0.717, 1.165) is 6.42 Å². The first-order chi connectivity index (χ1) is 7.11. The third kappa shape index (κ3) is 3230. The fourth-order valence-electron chi connectivity index (χ4n) is 0. The van der Waals surface area contributed by atoms with E-state index in [1.54, 1.807) is 41.5 Å². The second-order valence-corrected chi connectivity index (χ2v) is 4.00. The Morgan fingerprint density at radius 1 is 0.688 bits per heavy atom. The summed E-state index contributed by atoms with van der Waals surface area (Å²) in [6.07, 6.45) is 0.375. The maximum absolute atomic E-state index is 8.06. The second kappa shape index (κ2) is 24.2. The van der Waals surface area contributed by atoms with E-state index >= 15 is 0 Å². The van der Waals surface area contributed by atoms with Gasteiger partial charge in [0.15, 0.2) is 0 Å². The van der Waals surface area contributed by atoms with Crippen LogP contribution in [0.5, 0.6) is 0 Å². The van der Waals surface area contributed by atoms with Crippen molar-refractivity contribution in [3.8, 4) is 0 Å². The molecule has 0 aliphatic rings. The van der Waals surface area contributed by atoms with Gasteiger partial charge in [0.25, 0.3) is 0 Å². The van der Waals surface area contributed by atoms with E-state index < -0.39 is 0 Å². The van der Waals surface area contributed by atoms with Crippen molar-refractivity contribution < 1.29 is 20.4 Å². The summed E-state index contributed by atoms with van der Waals surface area (Å²) in [5.41, 5.74) is 0. The van der Waals surface area contributed by atoms with Gasteiger partial charge in [0.2, 0.25) is 0 Å². The van der Waals surface area contributed by atoms with Crippen LogP contribution >= 0.6 is 0 Å². The average molecular weight is 240 g/mol. The summed E-state index contributed by atoms with van der Waals surface area (Å²) in [5.74, 6) is 0. The number of aliphatic hydroxyl groups excluding tert-OH is 4. The molecule has 0 heterocycles. The van der Waals surface area contributed by atoms with Gasteiger partial charge in [0, 0.05) is 24.9 Å². The lowest BCUT2D eigenvalue weighted by Crippen LogP contribution is -1.85. The Labute approximate surface area is 101 Å². The Balaban J connectivity index is -0.0000000600. The number of hydrogen-bond acceptors (Lipinski definition) is 4. The summed E-state index contributed by atoms with van der Waals surface area (Å²) in [4.78, 5) is 0. The fraction of sp³-hybridized carbons (Fsp3) is 1.00. The molecule has 0 aliphatic heterocycles. The van der Waals surface area contributed by atoms with Crippen LogP contribution in [-0.4, -0.2) is 45.3 Å². The molecule has 0 spiro atoms. The van der Waals surface area contributed by atoms with E-state index in [4.69, 9.17) is 20.4 Å². The van der Waals surface area contributed by atoms with Crippen LogP contribution in [0.25, 0.3) is 0 Å². The SMILES string of the molecule is CC(C)O.CC(C)O.CC(C)O.CCCO. The topological polar surface area (TPSA) is 80.9 Å². The minimum atomic E-state index is -0.167. The van der Waals surface area contributed by atoms with Crippen molar-refractivity contribution in [1.82, 2.24) is 0 Å². The molecule has 0 aromatic heterocycles. The summed E-state index contributed by atoms with van der Waals surface area (Å²) >= 11 is 0. The van der Waals surface area contributed by atoms with Crippen LogP contribution in [0.2, 0.25) is 0 Å². The zero-order valence-electron chi connectivity index (χ0n) is 11.9. The maximum Gasteiger partial charge on any atom is 0.0483 e. The van der Waals surface area contributed by atoms with Crippen molar-refractivity contribution in [2.45, 2.75) is 73.2 Å². The third-order valence-electron chi connectivity index (χ3n) is 0.224. The molecule has 0 bridgehead atoms. The van der Waals surface area contributed by atoms with E-state index in [0.29, 0.717) is 6.61 Å². The van der Waals surface area contributed by atoms with Crippen LogP contribution in [-0.2, 0) is 0 Å². The Bertz CT molecular complexity index is 58.6. The predicted octanol–water partition coefficient (Wildman–Crippen LogP) is 1.55. The molecule has 0 atom stereocenters. The summed E-state index contributed by atoms with van der Waals surface area (Å²) in [5, 5.41) is 32.0. The predicted molar refractivity (Wildman–Crippen MR) is 69.4 cm³/mol. The van der Waals surface area contributed by atoms with E-state index in [9.17, 15) is 0 Å². The highest BCUT2D eigenvalue weighted by atomic mass is 16.3. The van der Waals surface area contributed by atoms with Gasteiger partial charge >= 0.3 is 0 Å². The van der Waals surface area contributed by atoms with Gasteiger partial charge in [-0.3, -0.25) is 0 Å². The van der Waals surface area contributed by atoms with E-state index in [2.05, 4.69) is 0 Å². The molecule has 4 heteroatoms. The normalized spacial score (nSPS) is 8.62. The Morgan fingerprint density at radius 3 is 0.750 bits per heavy atom. The van der Waals surface area contributed by atoms with E-state index in [1.165, 1.54) is 0 Å². The van der Waals surface area contributed by atoms with Crippen LogP contribution in [0, 0.1) is 0 Å². The van der Waals surface area contributed by atoms with Crippen LogP contribution in [0.1, 0.15) is 54.9 Å². The number of aliphatic hydroxyl groups is 4. The summed E-state index contributed by atoms with van der Waals surface area (Å²) in [6.45, 7) is 12.6. The molecular formula is C12H32O4. The van der Waals surface area contributed by atoms with Crippen LogP contribution < -0.4 is 0 Å². The molecule has 0 radical (unpaired) electrons. The third-order valence-corrected chi connectivity index (χ3v) is 0.224. The zero-order valence-corrected chi connectivity index (χ0v) is 11.9. The lowest BCUT2D eigenvalue weighted by atomic mass is 10.5. The molecule has 0 saturated heterocycles. The van der Waals surface area contributed by atoms with Gasteiger partial charge in [-0.15, -0.1) is 0 Å². The van der Waals surface area contributed by atoms with Gasteiger partial charge in [-0.1, -0.05) is 6.92 Å². The highest BCUT2D eigenvalue weighted by Gasteiger charge is 1.70. The molecule has 4 N–H and O–H groups in total. The number of hydrogen-bond donors (Lipinski definition) is 4. The minimum Gasteiger partial charge on any atom is -0.396 e. The molecule has 0 amide bonds. The summed E-state index contributed by atoms with van der Waals surface area (Å²) < 4.78 is 0. The van der Waals surface area contributed by atoms with Gasteiger partial charge < -0.3 is 20.4 Å². The van der Waals surface area contributed by atoms with Crippen LogP contribution in [0.4, 0.5) is 0 Å². The monoisotopic (exact) mass is 240 g/mol. The lowest BCUT2D eigenvalue weighted by Gasteiger charge is -1.80. The standard InChI is InChI=1S/4C3H8O/c3*1-3(2)4;1-2-3-4/h3*3-4H,1-2H3;4H,2-3H2,1H3. The summed E-state index contributed by atoms with van der Waals surface area (Å²) in [6, 6.07) is 0. The van der Waals surface area contributed by atoms with Crippen LogP contribution in [0.3, 0.4) is 0 Å². The largest absolute Gasteiger partial charge is 0.396 e. The van der Waals surface area contributed by atoms with Crippen molar-refractivity contribution in [3.05, 3.63) is 0 Å². The second-order valence-electron chi connectivity index (χ2n) is 4.00. The van der Waals surface area contributed by atoms with Crippen molar-refractivity contribution in [2.24, 2.45) is 0 Å². The molecule has 0 rings (SSSR count). The molecular weight excluding hydrogens is 208 g/mol. The van der Waals surface area contributed by atoms with Gasteiger partial charge in [0.1, 0.15) is 0 Å². The molecule has 0 aliphatic carbocycles. The Kier molecular flexibility index (Phi) is 37.6. The quantitative estimate of drug-likeness (QED) is 0.560. The minimum absolute atomic E-state index is 0.167. The van der Waals surface area contributed by atoms with Crippen LogP contribution in [0.15, 0.2) is 0 Å². The molecule has 0 saturated carbocycles. The Morgan fingerprint density at radius 2 is 0.750 bits per heavy atom.